The van der Waals surface area contributed by atoms with Crippen molar-refractivity contribution in [3.63, 3.8) is 0 Å². The summed E-state index contributed by atoms with van der Waals surface area (Å²) in [6, 6.07) is 12.3. The fourth-order valence-corrected chi connectivity index (χ4v) is 7.67. The molecule has 26 heavy (non-hydrogen) atoms. The molecule has 2 aromatic carbocycles. The minimum atomic E-state index is -0.631. The first-order valence-electron chi connectivity index (χ1n) is 9.83. The Morgan fingerprint density at radius 1 is 0.923 bits per heavy atom. The van der Waals surface area contributed by atoms with Gasteiger partial charge in [-0.25, -0.2) is 13.2 Å². The molecule has 0 radical (unpaired) electrons. The lowest BCUT2D eigenvalue weighted by atomic mass is 9.91. The van der Waals surface area contributed by atoms with Crippen molar-refractivity contribution in [1.29, 1.82) is 0 Å². The number of benzene rings is 2. The van der Waals surface area contributed by atoms with Crippen LogP contribution in [0, 0.1) is 17.5 Å². The second-order valence-corrected chi connectivity index (χ2v) is 11.0. The molecule has 0 amide bonds. The van der Waals surface area contributed by atoms with Crippen LogP contribution < -0.4 is 0 Å². The zero-order chi connectivity index (χ0) is 18.5. The summed E-state index contributed by atoms with van der Waals surface area (Å²) in [6.45, 7) is 2.23. The highest BCUT2D eigenvalue weighted by molar-refractivity contribution is 6.59. The van der Waals surface area contributed by atoms with Gasteiger partial charge in [0.15, 0.2) is 0 Å². The van der Waals surface area contributed by atoms with Crippen LogP contribution in [0.4, 0.5) is 13.2 Å². The number of rotatable bonds is 6. The minimum absolute atomic E-state index is 0.0589. The highest BCUT2D eigenvalue weighted by Crippen LogP contribution is 2.37. The third-order valence-electron chi connectivity index (χ3n) is 5.73. The average Bonchev–Trinajstić information content (AvgIpc) is 2.63. The quantitative estimate of drug-likeness (QED) is 0.374. The number of unbranched alkanes of at least 4 members (excludes halogenated alkanes) is 2. The first kappa shape index (κ1) is 19.2. The molecule has 1 aliphatic rings. The van der Waals surface area contributed by atoms with E-state index in [1.807, 2.05) is 0 Å². The van der Waals surface area contributed by atoms with Crippen LogP contribution in [-0.4, -0.2) is 8.80 Å². The van der Waals surface area contributed by atoms with Crippen molar-refractivity contribution in [2.75, 3.05) is 0 Å². The second-order valence-electron chi connectivity index (χ2n) is 7.58. The Morgan fingerprint density at radius 2 is 1.54 bits per heavy atom. The largest absolute Gasteiger partial charge is 0.207 e. The van der Waals surface area contributed by atoms with E-state index in [-0.39, 0.29) is 11.5 Å². The fraction of sp³-hybridized carbons (Fsp3) is 0.455. The SMILES string of the molecule is CCCCC[SiH]1CCC(c2cc(F)c(-c3ccc(F)cc3)c(F)c2)CC1. The van der Waals surface area contributed by atoms with E-state index in [2.05, 4.69) is 6.92 Å². The number of hydrogen-bond acceptors (Lipinski definition) is 0. The van der Waals surface area contributed by atoms with E-state index in [9.17, 15) is 13.2 Å². The van der Waals surface area contributed by atoms with Gasteiger partial charge in [-0.3, -0.25) is 0 Å². The highest BCUT2D eigenvalue weighted by Gasteiger charge is 2.25. The Labute approximate surface area is 156 Å². The van der Waals surface area contributed by atoms with Gasteiger partial charge < -0.3 is 0 Å². The summed E-state index contributed by atoms with van der Waals surface area (Å²) < 4.78 is 42.3. The molecule has 140 valence electrons. The van der Waals surface area contributed by atoms with Gasteiger partial charge in [-0.05, 0) is 54.2 Å². The molecule has 1 aliphatic heterocycles. The molecule has 1 fully saturated rings. The van der Waals surface area contributed by atoms with Crippen LogP contribution >= 0.6 is 0 Å². The van der Waals surface area contributed by atoms with Gasteiger partial charge in [0.25, 0.3) is 0 Å². The van der Waals surface area contributed by atoms with Crippen LogP contribution in [-0.2, 0) is 0 Å². The number of hydrogen-bond donors (Lipinski definition) is 0. The van der Waals surface area contributed by atoms with Crippen molar-refractivity contribution in [3.8, 4) is 11.1 Å². The van der Waals surface area contributed by atoms with Gasteiger partial charge in [0.2, 0.25) is 0 Å². The van der Waals surface area contributed by atoms with Crippen LogP contribution in [0.25, 0.3) is 11.1 Å². The van der Waals surface area contributed by atoms with Crippen LogP contribution in [0.1, 0.15) is 50.5 Å². The molecule has 0 nitrogen and oxygen atoms in total. The zero-order valence-electron chi connectivity index (χ0n) is 15.4. The Morgan fingerprint density at radius 3 is 2.12 bits per heavy atom. The lowest BCUT2D eigenvalue weighted by molar-refractivity contribution is 0.561. The molecule has 0 aliphatic carbocycles. The van der Waals surface area contributed by atoms with E-state index in [1.165, 1.54) is 73.8 Å². The highest BCUT2D eigenvalue weighted by atomic mass is 28.3. The van der Waals surface area contributed by atoms with Crippen LogP contribution in [0.5, 0.6) is 0 Å². The fourth-order valence-electron chi connectivity index (χ4n) is 4.19. The zero-order valence-corrected chi connectivity index (χ0v) is 16.6. The summed E-state index contributed by atoms with van der Waals surface area (Å²) >= 11 is 0. The summed E-state index contributed by atoms with van der Waals surface area (Å²) in [5.74, 6) is -1.23. The predicted molar refractivity (Wildman–Crippen MR) is 105 cm³/mol. The molecular formula is C22H27F3Si. The van der Waals surface area contributed by atoms with Gasteiger partial charge in [0.1, 0.15) is 17.5 Å². The van der Waals surface area contributed by atoms with Gasteiger partial charge >= 0.3 is 0 Å². The first-order valence-corrected chi connectivity index (χ1v) is 12.3. The third kappa shape index (κ3) is 4.59. The normalized spacial score (nSPS) is 20.3. The molecule has 0 spiro atoms. The molecule has 0 bridgehead atoms. The maximum Gasteiger partial charge on any atom is 0.134 e. The molecule has 4 heteroatoms. The van der Waals surface area contributed by atoms with Gasteiger partial charge in [0, 0.05) is 8.80 Å². The molecular weight excluding hydrogens is 349 g/mol. The Balaban J connectivity index is 1.70. The van der Waals surface area contributed by atoms with Gasteiger partial charge in [0.05, 0.1) is 5.56 Å². The van der Waals surface area contributed by atoms with Crippen molar-refractivity contribution in [1.82, 2.24) is 0 Å². The summed E-state index contributed by atoms with van der Waals surface area (Å²) in [4.78, 5) is 0. The third-order valence-corrected chi connectivity index (χ3v) is 9.26. The Bertz CT molecular complexity index is 696. The molecule has 1 saturated heterocycles. The van der Waals surface area contributed by atoms with Gasteiger partial charge in [-0.1, -0.05) is 56.5 Å². The van der Waals surface area contributed by atoms with E-state index in [4.69, 9.17) is 0 Å². The molecule has 1 heterocycles. The standard InChI is InChI=1S/C22H27F3Si/c1-2-3-4-11-26-12-9-16(10-13-26)18-14-20(24)22(21(25)15-18)17-5-7-19(23)8-6-17/h5-8,14-16,26H,2-4,9-13H2,1H3. The van der Waals surface area contributed by atoms with Crippen molar-refractivity contribution in [3.05, 3.63) is 59.4 Å². The lowest BCUT2D eigenvalue weighted by Gasteiger charge is -2.28. The van der Waals surface area contributed by atoms with E-state index >= 15 is 0 Å². The summed E-state index contributed by atoms with van der Waals surface area (Å²) in [7, 11) is -0.631. The maximum absolute atomic E-state index is 14.6. The van der Waals surface area contributed by atoms with Crippen molar-refractivity contribution in [2.45, 2.75) is 63.1 Å². The van der Waals surface area contributed by atoms with Crippen molar-refractivity contribution >= 4 is 8.80 Å². The summed E-state index contributed by atoms with van der Waals surface area (Å²) in [5.41, 5.74) is 1.10. The Hall–Kier alpha value is -1.55. The second kappa shape index (κ2) is 8.89. The molecule has 0 N–H and O–H groups in total. The van der Waals surface area contributed by atoms with E-state index in [0.29, 0.717) is 5.56 Å². The van der Waals surface area contributed by atoms with E-state index in [0.717, 1.165) is 18.4 Å². The smallest absolute Gasteiger partial charge is 0.134 e. The molecule has 0 atom stereocenters. The monoisotopic (exact) mass is 376 g/mol. The topological polar surface area (TPSA) is 0 Å². The summed E-state index contributed by atoms with van der Waals surface area (Å²) in [5, 5.41) is 0. The Kier molecular flexibility index (Phi) is 6.57. The van der Waals surface area contributed by atoms with Crippen LogP contribution in [0.15, 0.2) is 36.4 Å². The average molecular weight is 377 g/mol. The molecule has 0 unspecified atom stereocenters. The van der Waals surface area contributed by atoms with E-state index < -0.39 is 26.2 Å². The van der Waals surface area contributed by atoms with Crippen LogP contribution in [0.2, 0.25) is 18.1 Å². The molecule has 0 aromatic heterocycles. The van der Waals surface area contributed by atoms with Crippen LogP contribution in [0.3, 0.4) is 0 Å². The maximum atomic E-state index is 14.6. The van der Waals surface area contributed by atoms with E-state index in [1.54, 1.807) is 0 Å². The lowest BCUT2D eigenvalue weighted by Crippen LogP contribution is -2.20. The first-order chi connectivity index (χ1) is 12.6. The van der Waals surface area contributed by atoms with Gasteiger partial charge in [-0.2, -0.15) is 0 Å². The molecule has 3 rings (SSSR count). The van der Waals surface area contributed by atoms with Crippen molar-refractivity contribution < 1.29 is 13.2 Å². The van der Waals surface area contributed by atoms with Gasteiger partial charge in [-0.15, -0.1) is 0 Å². The predicted octanol–water partition coefficient (Wildman–Crippen LogP) is 7.07. The molecule has 2 aromatic rings. The molecule has 0 saturated carbocycles. The van der Waals surface area contributed by atoms with Crippen molar-refractivity contribution in [2.24, 2.45) is 0 Å². The number of halogens is 3. The summed E-state index contributed by atoms with van der Waals surface area (Å²) in [6.07, 6.45) is 6.08. The minimum Gasteiger partial charge on any atom is -0.207 e.